The van der Waals surface area contributed by atoms with E-state index in [4.69, 9.17) is 0 Å². The van der Waals surface area contributed by atoms with Crippen LogP contribution in [0.4, 0.5) is 34.1 Å². The SMILES string of the molecule is C1=CCC(c2cccc(N(c3ccccc3)c3ccc4c5cc6c(cc5n5c7ccccc7c3c45)c3ccc(N(c4ccccc4)c4cccc(-c5ccccc5)c4)c4c5ccccc5n6c34)c2)C=C1. The standard InChI is InChI=1S/C66H44N4/c1-5-19-43(20-6-1)45-23-17-29-49(39-45)67(47-25-9-3-10-26-47)59-37-35-51-55-41-62-56(42-61(55)69-57-33-15-13-31-53(57)63(59)65(51)69)52-36-38-60(64-54-32-14-16-34-58(54)70(62)66(52)64)68(48-27-11-4-12-28-48)50-30-18-24-46(40-50)44-21-7-2-8-22-44/h1-21,23-42,44H,22H2. The first-order valence-electron chi connectivity index (χ1n) is 24.4. The molecule has 0 saturated heterocycles. The van der Waals surface area contributed by atoms with Gasteiger partial charge in [0.2, 0.25) is 0 Å². The number of fused-ring (bicyclic) bond motifs is 12. The van der Waals surface area contributed by atoms with Crippen molar-refractivity contribution < 1.29 is 0 Å². The summed E-state index contributed by atoms with van der Waals surface area (Å²) in [5, 5.41) is 10.0. The normalized spacial score (nSPS) is 14.0. The van der Waals surface area contributed by atoms with E-state index in [2.05, 4.69) is 267 Å². The molecule has 0 spiro atoms. The van der Waals surface area contributed by atoms with Crippen LogP contribution in [0.25, 0.3) is 87.3 Å². The Morgan fingerprint density at radius 2 is 0.829 bits per heavy atom. The fourth-order valence-corrected chi connectivity index (χ4v) is 12.0. The van der Waals surface area contributed by atoms with Crippen molar-refractivity contribution in [3.63, 3.8) is 0 Å². The van der Waals surface area contributed by atoms with Gasteiger partial charge < -0.3 is 18.6 Å². The Labute approximate surface area is 404 Å². The van der Waals surface area contributed by atoms with Gasteiger partial charge in [-0.25, -0.2) is 0 Å². The lowest BCUT2D eigenvalue weighted by Crippen LogP contribution is -2.11. The molecule has 0 saturated carbocycles. The van der Waals surface area contributed by atoms with Gasteiger partial charge in [0.1, 0.15) is 0 Å². The highest BCUT2D eigenvalue weighted by atomic mass is 15.2. The van der Waals surface area contributed by atoms with E-state index in [1.807, 2.05) is 0 Å². The van der Waals surface area contributed by atoms with Crippen molar-refractivity contribution >= 4 is 110 Å². The molecule has 0 radical (unpaired) electrons. The smallest absolute Gasteiger partial charge is 0.0641 e. The number of allylic oxidation sites excluding steroid dienone is 4. The lowest BCUT2D eigenvalue weighted by Gasteiger charge is -2.27. The summed E-state index contributed by atoms with van der Waals surface area (Å²) in [5.74, 6) is 0.348. The first kappa shape index (κ1) is 38.9. The molecule has 70 heavy (non-hydrogen) atoms. The van der Waals surface area contributed by atoms with E-state index in [1.165, 1.54) is 98.6 Å². The van der Waals surface area contributed by atoms with Crippen molar-refractivity contribution in [2.45, 2.75) is 12.3 Å². The molecular formula is C66H44N4. The van der Waals surface area contributed by atoms with Crippen LogP contribution in [0.15, 0.2) is 249 Å². The maximum Gasteiger partial charge on any atom is 0.0641 e. The second kappa shape index (κ2) is 15.2. The van der Waals surface area contributed by atoms with E-state index in [0.29, 0.717) is 5.92 Å². The molecular weight excluding hydrogens is 849 g/mol. The van der Waals surface area contributed by atoms with Gasteiger partial charge in [-0.3, -0.25) is 0 Å². The number of anilines is 6. The summed E-state index contributed by atoms with van der Waals surface area (Å²) in [5.41, 5.74) is 17.9. The first-order chi connectivity index (χ1) is 34.8. The van der Waals surface area contributed by atoms with Gasteiger partial charge >= 0.3 is 0 Å². The van der Waals surface area contributed by atoms with E-state index in [9.17, 15) is 0 Å². The van der Waals surface area contributed by atoms with Crippen LogP contribution in [0.1, 0.15) is 17.9 Å². The molecule has 0 aliphatic heterocycles. The van der Waals surface area contributed by atoms with E-state index >= 15 is 0 Å². The second-order valence-electron chi connectivity index (χ2n) is 18.8. The van der Waals surface area contributed by atoms with Gasteiger partial charge in [0.25, 0.3) is 0 Å². The molecule has 10 aromatic carbocycles. The summed E-state index contributed by atoms with van der Waals surface area (Å²) >= 11 is 0. The average Bonchev–Trinajstić information content (AvgIpc) is 4.16. The van der Waals surface area contributed by atoms with Crippen LogP contribution in [0.2, 0.25) is 0 Å². The van der Waals surface area contributed by atoms with E-state index in [0.717, 1.165) is 34.9 Å². The maximum absolute atomic E-state index is 2.55. The molecule has 0 N–H and O–H groups in total. The van der Waals surface area contributed by atoms with Crippen LogP contribution in [0, 0.1) is 0 Å². The second-order valence-corrected chi connectivity index (χ2v) is 18.8. The number of nitrogens with zero attached hydrogens (tertiary/aromatic N) is 4. The zero-order valence-corrected chi connectivity index (χ0v) is 38.2. The van der Waals surface area contributed by atoms with Gasteiger partial charge in [-0.15, -0.1) is 0 Å². The third-order valence-electron chi connectivity index (χ3n) is 15.0. The molecule has 4 aromatic heterocycles. The minimum Gasteiger partial charge on any atom is -0.310 e. The van der Waals surface area contributed by atoms with E-state index in [-0.39, 0.29) is 0 Å². The highest BCUT2D eigenvalue weighted by molar-refractivity contribution is 6.32. The van der Waals surface area contributed by atoms with Crippen molar-refractivity contribution in [3.8, 4) is 11.1 Å². The van der Waals surface area contributed by atoms with Gasteiger partial charge in [-0.1, -0.05) is 164 Å². The van der Waals surface area contributed by atoms with Gasteiger partial charge in [0.15, 0.2) is 0 Å². The highest BCUT2D eigenvalue weighted by Crippen LogP contribution is 2.51. The molecule has 328 valence electrons. The van der Waals surface area contributed by atoms with Crippen molar-refractivity contribution in [1.82, 2.24) is 8.80 Å². The summed E-state index contributed by atoms with van der Waals surface area (Å²) in [6.07, 6.45) is 9.94. The van der Waals surface area contributed by atoms with Crippen molar-refractivity contribution in [2.75, 3.05) is 9.80 Å². The number of aromatic nitrogens is 2. The van der Waals surface area contributed by atoms with Gasteiger partial charge in [0, 0.05) is 71.8 Å². The monoisotopic (exact) mass is 892 g/mol. The third-order valence-corrected chi connectivity index (χ3v) is 15.0. The molecule has 0 fully saturated rings. The fraction of sp³-hybridized carbons (Fsp3) is 0.0303. The van der Waals surface area contributed by atoms with Crippen LogP contribution in [0.5, 0.6) is 0 Å². The molecule has 0 bridgehead atoms. The van der Waals surface area contributed by atoms with Gasteiger partial charge in [-0.2, -0.15) is 0 Å². The number of hydrogen-bond donors (Lipinski definition) is 0. The van der Waals surface area contributed by atoms with Crippen molar-refractivity contribution in [3.05, 3.63) is 254 Å². The molecule has 1 unspecified atom stereocenters. The maximum atomic E-state index is 2.55. The quantitative estimate of drug-likeness (QED) is 0.151. The zero-order chi connectivity index (χ0) is 45.9. The Hall–Kier alpha value is -9.12. The lowest BCUT2D eigenvalue weighted by atomic mass is 9.92. The number of hydrogen-bond acceptors (Lipinski definition) is 2. The Balaban J connectivity index is 0.984. The molecule has 15 rings (SSSR count). The van der Waals surface area contributed by atoms with Crippen molar-refractivity contribution in [2.24, 2.45) is 0 Å². The highest BCUT2D eigenvalue weighted by Gasteiger charge is 2.28. The summed E-state index contributed by atoms with van der Waals surface area (Å²) in [4.78, 5) is 4.92. The largest absolute Gasteiger partial charge is 0.310 e. The average molecular weight is 893 g/mol. The molecule has 14 aromatic rings. The first-order valence-corrected chi connectivity index (χ1v) is 24.4. The zero-order valence-electron chi connectivity index (χ0n) is 38.2. The Morgan fingerprint density at radius 1 is 0.343 bits per heavy atom. The van der Waals surface area contributed by atoms with E-state index < -0.39 is 0 Å². The molecule has 4 nitrogen and oxygen atoms in total. The van der Waals surface area contributed by atoms with Crippen LogP contribution in [-0.2, 0) is 0 Å². The van der Waals surface area contributed by atoms with Crippen molar-refractivity contribution in [1.29, 1.82) is 0 Å². The Bertz CT molecular complexity index is 4390. The van der Waals surface area contributed by atoms with Crippen LogP contribution < -0.4 is 9.80 Å². The predicted molar refractivity (Wildman–Crippen MR) is 296 cm³/mol. The Morgan fingerprint density at radius 3 is 1.39 bits per heavy atom. The number of para-hydroxylation sites is 4. The molecule has 4 heteroatoms. The summed E-state index contributed by atoms with van der Waals surface area (Å²) < 4.78 is 5.09. The van der Waals surface area contributed by atoms with E-state index in [1.54, 1.807) is 0 Å². The molecule has 1 aliphatic carbocycles. The summed E-state index contributed by atoms with van der Waals surface area (Å²) in [6, 6.07) is 82.9. The third kappa shape index (κ3) is 5.65. The summed E-state index contributed by atoms with van der Waals surface area (Å²) in [7, 11) is 0. The lowest BCUT2D eigenvalue weighted by molar-refractivity contribution is 0.853. The topological polar surface area (TPSA) is 15.3 Å². The Kier molecular flexibility index (Phi) is 8.45. The molecule has 4 heterocycles. The fourth-order valence-electron chi connectivity index (χ4n) is 12.0. The minimum atomic E-state index is 0.348. The van der Waals surface area contributed by atoms with Crippen LogP contribution in [0.3, 0.4) is 0 Å². The summed E-state index contributed by atoms with van der Waals surface area (Å²) in [6.45, 7) is 0. The van der Waals surface area contributed by atoms with Gasteiger partial charge in [-0.05, 0) is 108 Å². The van der Waals surface area contributed by atoms with Crippen LogP contribution >= 0.6 is 0 Å². The van der Waals surface area contributed by atoms with Crippen LogP contribution in [-0.4, -0.2) is 8.80 Å². The number of rotatable bonds is 8. The molecule has 1 aliphatic rings. The minimum absolute atomic E-state index is 0.348. The molecule has 0 amide bonds. The molecule has 1 atom stereocenters. The van der Waals surface area contributed by atoms with Gasteiger partial charge in [0.05, 0.1) is 44.5 Å². The predicted octanol–water partition coefficient (Wildman–Crippen LogP) is 18.2. The number of benzene rings is 10.